The second kappa shape index (κ2) is 3.94. The van der Waals surface area contributed by atoms with Gasteiger partial charge in [0.05, 0.1) is 6.26 Å². The number of piperidine rings is 1. The number of nitrogens with one attached hydrogen (secondary N) is 1. The van der Waals surface area contributed by atoms with Crippen LogP contribution in [-0.2, 0) is 10.0 Å². The summed E-state index contributed by atoms with van der Waals surface area (Å²) in [5.41, 5.74) is 0. The van der Waals surface area contributed by atoms with Gasteiger partial charge in [-0.3, -0.25) is 0 Å². The van der Waals surface area contributed by atoms with E-state index in [2.05, 4.69) is 12.2 Å². The van der Waals surface area contributed by atoms with Crippen LogP contribution >= 0.6 is 0 Å². The van der Waals surface area contributed by atoms with Crippen molar-refractivity contribution in [2.75, 3.05) is 26.4 Å². The van der Waals surface area contributed by atoms with E-state index in [0.29, 0.717) is 25.0 Å². The summed E-state index contributed by atoms with van der Waals surface area (Å²) in [6, 6.07) is 0.456. The maximum Gasteiger partial charge on any atom is 0.211 e. The zero-order valence-corrected chi connectivity index (χ0v) is 9.26. The van der Waals surface area contributed by atoms with Gasteiger partial charge in [0.15, 0.2) is 0 Å². The van der Waals surface area contributed by atoms with E-state index in [9.17, 15) is 8.42 Å². The van der Waals surface area contributed by atoms with Crippen LogP contribution in [0.1, 0.15) is 13.3 Å². The largest absolute Gasteiger partial charge is 0.317 e. The summed E-state index contributed by atoms with van der Waals surface area (Å²) < 4.78 is 24.0. The van der Waals surface area contributed by atoms with E-state index in [-0.39, 0.29) is 0 Å². The van der Waals surface area contributed by atoms with Gasteiger partial charge in [0.2, 0.25) is 10.0 Å². The lowest BCUT2D eigenvalue weighted by molar-refractivity contribution is 0.229. The molecule has 5 heteroatoms. The van der Waals surface area contributed by atoms with Crippen LogP contribution < -0.4 is 5.32 Å². The monoisotopic (exact) mass is 206 g/mol. The fourth-order valence-corrected chi connectivity index (χ4v) is 2.78. The van der Waals surface area contributed by atoms with Crippen LogP contribution in [0.5, 0.6) is 0 Å². The van der Waals surface area contributed by atoms with Crippen molar-refractivity contribution < 1.29 is 8.42 Å². The fourth-order valence-electron chi connectivity index (χ4n) is 1.84. The Morgan fingerprint density at radius 2 is 2.08 bits per heavy atom. The zero-order valence-electron chi connectivity index (χ0n) is 8.45. The van der Waals surface area contributed by atoms with Gasteiger partial charge in [0.25, 0.3) is 0 Å². The molecule has 1 N–H and O–H groups in total. The molecule has 0 bridgehead atoms. The predicted octanol–water partition coefficient (Wildman–Crippen LogP) is -0.124. The SMILES string of the molecule is CNC1CCN(S(C)(=O)=O)CC1C. The van der Waals surface area contributed by atoms with Gasteiger partial charge in [-0.05, 0) is 19.4 Å². The number of hydrogen-bond acceptors (Lipinski definition) is 3. The first-order chi connectivity index (χ1) is 5.95. The van der Waals surface area contributed by atoms with E-state index < -0.39 is 10.0 Å². The van der Waals surface area contributed by atoms with Gasteiger partial charge in [0.1, 0.15) is 0 Å². The van der Waals surface area contributed by atoms with Gasteiger partial charge in [-0.25, -0.2) is 12.7 Å². The summed E-state index contributed by atoms with van der Waals surface area (Å²) in [5, 5.41) is 3.20. The molecule has 1 aliphatic rings. The zero-order chi connectivity index (χ0) is 10.1. The Kier molecular flexibility index (Phi) is 3.32. The van der Waals surface area contributed by atoms with Gasteiger partial charge < -0.3 is 5.32 Å². The van der Waals surface area contributed by atoms with E-state index in [1.54, 1.807) is 4.31 Å². The van der Waals surface area contributed by atoms with Gasteiger partial charge >= 0.3 is 0 Å². The van der Waals surface area contributed by atoms with Gasteiger partial charge in [-0.1, -0.05) is 6.92 Å². The molecule has 0 aromatic rings. The lowest BCUT2D eigenvalue weighted by atomic mass is 9.96. The average Bonchev–Trinajstić information content (AvgIpc) is 2.02. The lowest BCUT2D eigenvalue weighted by Crippen LogP contribution is -2.48. The molecule has 1 fully saturated rings. The third-order valence-electron chi connectivity index (χ3n) is 2.71. The minimum absolute atomic E-state index is 0.397. The van der Waals surface area contributed by atoms with E-state index in [0.717, 1.165) is 6.42 Å². The van der Waals surface area contributed by atoms with Crippen molar-refractivity contribution in [3.8, 4) is 0 Å². The lowest BCUT2D eigenvalue weighted by Gasteiger charge is -2.35. The van der Waals surface area contributed by atoms with Crippen LogP contribution in [0, 0.1) is 5.92 Å². The summed E-state index contributed by atoms with van der Waals surface area (Å²) in [6.45, 7) is 3.37. The van der Waals surface area contributed by atoms with Gasteiger partial charge in [-0.15, -0.1) is 0 Å². The minimum Gasteiger partial charge on any atom is -0.317 e. The van der Waals surface area contributed by atoms with Crippen molar-refractivity contribution in [1.82, 2.24) is 9.62 Å². The van der Waals surface area contributed by atoms with Gasteiger partial charge in [0, 0.05) is 19.1 Å². The predicted molar refractivity (Wildman–Crippen MR) is 53.0 cm³/mol. The maximum absolute atomic E-state index is 11.2. The average molecular weight is 206 g/mol. The van der Waals surface area contributed by atoms with E-state index >= 15 is 0 Å². The molecule has 0 saturated carbocycles. The Labute approximate surface area is 80.4 Å². The number of hydrogen-bond donors (Lipinski definition) is 1. The van der Waals surface area contributed by atoms with E-state index in [1.165, 1.54) is 6.26 Å². The summed E-state index contributed by atoms with van der Waals surface area (Å²) in [6.07, 6.45) is 2.18. The summed E-state index contributed by atoms with van der Waals surface area (Å²) in [7, 11) is -1.06. The first kappa shape index (κ1) is 10.9. The van der Waals surface area contributed by atoms with Crippen molar-refractivity contribution in [2.45, 2.75) is 19.4 Å². The van der Waals surface area contributed by atoms with Crippen LogP contribution in [0.3, 0.4) is 0 Å². The van der Waals surface area contributed by atoms with Crippen LogP contribution in [0.25, 0.3) is 0 Å². The third kappa shape index (κ3) is 2.65. The molecule has 0 aromatic heterocycles. The van der Waals surface area contributed by atoms with Crippen molar-refractivity contribution in [2.24, 2.45) is 5.92 Å². The highest BCUT2D eigenvalue weighted by atomic mass is 32.2. The van der Waals surface area contributed by atoms with Crippen LogP contribution in [0.4, 0.5) is 0 Å². The van der Waals surface area contributed by atoms with Crippen LogP contribution in [0.2, 0.25) is 0 Å². The molecule has 2 unspecified atom stereocenters. The second-order valence-electron chi connectivity index (χ2n) is 3.78. The molecule has 0 radical (unpaired) electrons. The molecule has 0 aliphatic carbocycles. The highest BCUT2D eigenvalue weighted by Crippen LogP contribution is 2.18. The molecule has 4 nitrogen and oxygen atoms in total. The molecule has 1 aliphatic heterocycles. The van der Waals surface area contributed by atoms with Crippen molar-refractivity contribution in [3.05, 3.63) is 0 Å². The van der Waals surface area contributed by atoms with Crippen molar-refractivity contribution in [1.29, 1.82) is 0 Å². The number of rotatable bonds is 2. The topological polar surface area (TPSA) is 49.4 Å². The summed E-state index contributed by atoms with van der Waals surface area (Å²) in [5.74, 6) is 0.397. The minimum atomic E-state index is -2.98. The smallest absolute Gasteiger partial charge is 0.211 e. The van der Waals surface area contributed by atoms with Crippen molar-refractivity contribution >= 4 is 10.0 Å². The Morgan fingerprint density at radius 3 is 2.46 bits per heavy atom. The van der Waals surface area contributed by atoms with Crippen molar-refractivity contribution in [3.63, 3.8) is 0 Å². The Bertz CT molecular complexity index is 263. The molecule has 0 amide bonds. The molecule has 0 spiro atoms. The van der Waals surface area contributed by atoms with Crippen LogP contribution in [0.15, 0.2) is 0 Å². The quantitative estimate of drug-likeness (QED) is 0.685. The van der Waals surface area contributed by atoms with E-state index in [4.69, 9.17) is 0 Å². The van der Waals surface area contributed by atoms with Gasteiger partial charge in [-0.2, -0.15) is 0 Å². The number of nitrogens with zero attached hydrogens (tertiary/aromatic N) is 1. The summed E-state index contributed by atoms with van der Waals surface area (Å²) >= 11 is 0. The molecule has 1 rings (SSSR count). The Hall–Kier alpha value is -0.130. The molecule has 1 heterocycles. The van der Waals surface area contributed by atoms with Crippen LogP contribution in [-0.4, -0.2) is 45.2 Å². The normalized spacial score (nSPS) is 31.9. The Balaban J connectivity index is 2.61. The maximum atomic E-state index is 11.2. The fraction of sp³-hybridized carbons (Fsp3) is 1.00. The Morgan fingerprint density at radius 1 is 1.46 bits per heavy atom. The molecule has 2 atom stereocenters. The molecular weight excluding hydrogens is 188 g/mol. The molecular formula is C8H18N2O2S. The van der Waals surface area contributed by atoms with E-state index in [1.807, 2.05) is 7.05 Å². The molecule has 0 aromatic carbocycles. The molecule has 78 valence electrons. The highest BCUT2D eigenvalue weighted by molar-refractivity contribution is 7.88. The standard InChI is InChI=1S/C8H18N2O2S/c1-7-6-10(13(3,11)12)5-4-8(7)9-2/h7-9H,4-6H2,1-3H3. The first-order valence-electron chi connectivity index (χ1n) is 4.57. The number of sulfonamides is 1. The molecule has 1 saturated heterocycles. The third-order valence-corrected chi connectivity index (χ3v) is 3.98. The summed E-state index contributed by atoms with van der Waals surface area (Å²) in [4.78, 5) is 0. The highest BCUT2D eigenvalue weighted by Gasteiger charge is 2.29. The first-order valence-corrected chi connectivity index (χ1v) is 6.42. The molecule has 13 heavy (non-hydrogen) atoms. The second-order valence-corrected chi connectivity index (χ2v) is 5.76.